The minimum absolute atomic E-state index is 0.269. The van der Waals surface area contributed by atoms with Crippen molar-refractivity contribution in [2.45, 2.75) is 18.9 Å². The van der Waals surface area contributed by atoms with Gasteiger partial charge in [-0.3, -0.25) is 10.1 Å². The minimum Gasteiger partial charge on any atom is -0.312 e. The molecule has 1 unspecified atom stereocenters. The van der Waals surface area contributed by atoms with Crippen LogP contribution in [0, 0.1) is 0 Å². The molecule has 0 bridgehead atoms. The smallest absolute Gasteiger partial charge is 0.312 e. The number of carbonyl (C=O) groups is 2. The number of urea groups is 1. The fourth-order valence-corrected chi connectivity index (χ4v) is 4.94. The second-order valence-corrected chi connectivity index (χ2v) is 9.13. The molecular weight excluding hydrogens is 458 g/mol. The summed E-state index contributed by atoms with van der Waals surface area (Å²) in [7, 11) is 0. The van der Waals surface area contributed by atoms with Crippen molar-refractivity contribution in [2.24, 2.45) is 0 Å². The lowest BCUT2D eigenvalue weighted by Gasteiger charge is -2.24. The Balaban J connectivity index is 1.28. The van der Waals surface area contributed by atoms with Crippen molar-refractivity contribution >= 4 is 56.5 Å². The molecule has 1 atom stereocenters. The highest BCUT2D eigenvalue weighted by atomic mass is 35.5. The normalized spacial score (nSPS) is 15.5. The van der Waals surface area contributed by atoms with Crippen molar-refractivity contribution < 1.29 is 9.59 Å². The van der Waals surface area contributed by atoms with E-state index in [1.807, 2.05) is 54.6 Å². The Morgan fingerprint density at radius 2 is 1.82 bits per heavy atom. The molecule has 0 aliphatic carbocycles. The first kappa shape index (κ1) is 21.4. The standard InChI is InChI=1S/C24H20ClN5O2S/c25-17-9-3-8-16(14-17)22-28-29-23(33-22)27-21(31)20-12-5-13-30(20)24(32)26-19-11-4-7-15-6-1-2-10-18(15)19/h1-4,6-11,14,20H,5,12-13H2,(H,26,32)(H,27,29,31). The zero-order chi connectivity index (χ0) is 22.8. The number of benzene rings is 3. The molecule has 1 aliphatic heterocycles. The zero-order valence-electron chi connectivity index (χ0n) is 17.5. The molecule has 166 valence electrons. The van der Waals surface area contributed by atoms with Crippen molar-refractivity contribution in [3.8, 4) is 10.6 Å². The Hall–Kier alpha value is -3.49. The number of anilines is 2. The SMILES string of the molecule is O=C(Nc1nnc(-c2cccc(Cl)c2)s1)C1CCCN1C(=O)Nc1cccc2ccccc12. The molecule has 1 aromatic heterocycles. The minimum atomic E-state index is -0.571. The summed E-state index contributed by atoms with van der Waals surface area (Å²) in [6.45, 7) is 0.512. The molecule has 0 saturated carbocycles. The number of likely N-dealkylation sites (tertiary alicyclic amines) is 1. The number of fused-ring (bicyclic) bond motifs is 1. The summed E-state index contributed by atoms with van der Waals surface area (Å²) in [4.78, 5) is 27.6. The van der Waals surface area contributed by atoms with Crippen LogP contribution in [0.2, 0.25) is 5.02 Å². The third-order valence-electron chi connectivity index (χ3n) is 5.57. The molecule has 5 rings (SSSR count). The molecular formula is C24H20ClN5O2S. The van der Waals surface area contributed by atoms with Gasteiger partial charge in [-0.1, -0.05) is 71.5 Å². The van der Waals surface area contributed by atoms with E-state index in [-0.39, 0.29) is 11.9 Å². The number of aromatic nitrogens is 2. The fourth-order valence-electron chi connectivity index (χ4n) is 4.00. The molecule has 0 spiro atoms. The number of hydrogen-bond donors (Lipinski definition) is 2. The van der Waals surface area contributed by atoms with E-state index in [2.05, 4.69) is 20.8 Å². The third kappa shape index (κ3) is 4.53. The summed E-state index contributed by atoms with van der Waals surface area (Å²) in [5.74, 6) is -0.269. The van der Waals surface area contributed by atoms with E-state index >= 15 is 0 Å². The maximum absolute atomic E-state index is 13.0. The topological polar surface area (TPSA) is 87.2 Å². The first-order valence-electron chi connectivity index (χ1n) is 10.5. The maximum atomic E-state index is 13.0. The van der Waals surface area contributed by atoms with Gasteiger partial charge in [-0.15, -0.1) is 10.2 Å². The highest BCUT2D eigenvalue weighted by Crippen LogP contribution is 2.29. The second-order valence-electron chi connectivity index (χ2n) is 7.72. The van der Waals surface area contributed by atoms with Gasteiger partial charge in [0.15, 0.2) is 0 Å². The van der Waals surface area contributed by atoms with E-state index in [9.17, 15) is 9.59 Å². The van der Waals surface area contributed by atoms with E-state index in [4.69, 9.17) is 11.6 Å². The Morgan fingerprint density at radius 3 is 2.70 bits per heavy atom. The van der Waals surface area contributed by atoms with Crippen molar-refractivity contribution in [3.63, 3.8) is 0 Å². The van der Waals surface area contributed by atoms with Crippen LogP contribution in [0.25, 0.3) is 21.3 Å². The highest BCUT2D eigenvalue weighted by Gasteiger charge is 2.34. The molecule has 2 N–H and O–H groups in total. The van der Waals surface area contributed by atoms with Gasteiger partial charge in [-0.2, -0.15) is 0 Å². The second kappa shape index (κ2) is 9.17. The average Bonchev–Trinajstić information content (AvgIpc) is 3.49. The molecule has 3 aromatic carbocycles. The number of hydrogen-bond acceptors (Lipinski definition) is 5. The maximum Gasteiger partial charge on any atom is 0.322 e. The number of amides is 3. The first-order valence-corrected chi connectivity index (χ1v) is 11.7. The number of nitrogens with zero attached hydrogens (tertiary/aromatic N) is 3. The van der Waals surface area contributed by atoms with E-state index < -0.39 is 6.04 Å². The Morgan fingerprint density at radius 1 is 1.00 bits per heavy atom. The van der Waals surface area contributed by atoms with Crippen molar-refractivity contribution in [1.29, 1.82) is 0 Å². The van der Waals surface area contributed by atoms with Gasteiger partial charge < -0.3 is 10.2 Å². The summed E-state index contributed by atoms with van der Waals surface area (Å²) >= 11 is 7.31. The molecule has 1 saturated heterocycles. The summed E-state index contributed by atoms with van der Waals surface area (Å²) in [5.41, 5.74) is 1.55. The lowest BCUT2D eigenvalue weighted by Crippen LogP contribution is -2.45. The van der Waals surface area contributed by atoms with E-state index in [0.29, 0.717) is 28.1 Å². The monoisotopic (exact) mass is 477 g/mol. The van der Waals surface area contributed by atoms with Crippen LogP contribution < -0.4 is 10.6 Å². The van der Waals surface area contributed by atoms with Crippen LogP contribution in [0.5, 0.6) is 0 Å². The van der Waals surface area contributed by atoms with Gasteiger partial charge in [-0.25, -0.2) is 4.79 Å². The van der Waals surface area contributed by atoms with Crippen LogP contribution >= 0.6 is 22.9 Å². The third-order valence-corrected chi connectivity index (χ3v) is 6.70. The van der Waals surface area contributed by atoms with Gasteiger partial charge in [-0.05, 0) is 36.4 Å². The summed E-state index contributed by atoms with van der Waals surface area (Å²) < 4.78 is 0. The van der Waals surface area contributed by atoms with Gasteiger partial charge in [0.05, 0.1) is 5.69 Å². The molecule has 1 fully saturated rings. The number of halogens is 1. The number of rotatable bonds is 4. The Labute approximate surface area is 199 Å². The predicted octanol–water partition coefficient (Wildman–Crippen LogP) is 5.65. The zero-order valence-corrected chi connectivity index (χ0v) is 19.1. The van der Waals surface area contributed by atoms with Crippen molar-refractivity contribution in [1.82, 2.24) is 15.1 Å². The molecule has 7 nitrogen and oxygen atoms in total. The molecule has 0 radical (unpaired) electrons. The summed E-state index contributed by atoms with van der Waals surface area (Å²) in [5, 5.41) is 17.7. The Bertz CT molecular complexity index is 1340. The van der Waals surface area contributed by atoms with Crippen LogP contribution in [0.4, 0.5) is 15.6 Å². The summed E-state index contributed by atoms with van der Waals surface area (Å²) in [6, 6.07) is 20.1. The number of carbonyl (C=O) groups excluding carboxylic acids is 2. The van der Waals surface area contributed by atoms with Gasteiger partial charge >= 0.3 is 6.03 Å². The first-order chi connectivity index (χ1) is 16.1. The fraction of sp³-hybridized carbons (Fsp3) is 0.167. The quantitative estimate of drug-likeness (QED) is 0.397. The van der Waals surface area contributed by atoms with E-state index in [0.717, 1.165) is 28.4 Å². The van der Waals surface area contributed by atoms with Gasteiger partial charge in [0.25, 0.3) is 0 Å². The van der Waals surface area contributed by atoms with Crippen LogP contribution in [0.1, 0.15) is 12.8 Å². The van der Waals surface area contributed by atoms with Gasteiger partial charge in [0, 0.05) is 22.5 Å². The van der Waals surface area contributed by atoms with Gasteiger partial charge in [0.1, 0.15) is 11.0 Å². The Kier molecular flexibility index (Phi) is 5.93. The highest BCUT2D eigenvalue weighted by molar-refractivity contribution is 7.18. The molecule has 4 aromatic rings. The predicted molar refractivity (Wildman–Crippen MR) is 132 cm³/mol. The van der Waals surface area contributed by atoms with Crippen molar-refractivity contribution in [3.05, 3.63) is 71.8 Å². The molecule has 1 aliphatic rings. The summed E-state index contributed by atoms with van der Waals surface area (Å²) in [6.07, 6.45) is 1.35. The van der Waals surface area contributed by atoms with Crippen LogP contribution in [0.15, 0.2) is 66.7 Å². The van der Waals surface area contributed by atoms with Crippen LogP contribution in [0.3, 0.4) is 0 Å². The van der Waals surface area contributed by atoms with Crippen LogP contribution in [-0.4, -0.2) is 39.6 Å². The molecule has 33 heavy (non-hydrogen) atoms. The largest absolute Gasteiger partial charge is 0.322 e. The average molecular weight is 478 g/mol. The van der Waals surface area contributed by atoms with Crippen molar-refractivity contribution in [2.75, 3.05) is 17.2 Å². The molecule has 2 heterocycles. The molecule has 9 heteroatoms. The van der Waals surface area contributed by atoms with Gasteiger partial charge in [0.2, 0.25) is 11.0 Å². The lowest BCUT2D eigenvalue weighted by molar-refractivity contribution is -0.119. The molecule has 3 amide bonds. The van der Waals surface area contributed by atoms with E-state index in [1.165, 1.54) is 11.3 Å². The number of nitrogens with one attached hydrogen (secondary N) is 2. The lowest BCUT2D eigenvalue weighted by atomic mass is 10.1. The van der Waals surface area contributed by atoms with Crippen LogP contribution in [-0.2, 0) is 4.79 Å². The van der Waals surface area contributed by atoms with E-state index in [1.54, 1.807) is 17.0 Å².